The molecule has 0 amide bonds. The van der Waals surface area contributed by atoms with E-state index in [2.05, 4.69) is 0 Å². The number of methoxy groups -OCH3 is 1. The van der Waals surface area contributed by atoms with Crippen LogP contribution < -0.4 is 0 Å². The third-order valence-corrected chi connectivity index (χ3v) is 12.5. The summed E-state index contributed by atoms with van der Waals surface area (Å²) in [6.07, 6.45) is -7.91. The molecule has 18 atom stereocenters. The minimum absolute atomic E-state index is 0.0544. The number of esters is 1. The molecule has 0 radical (unpaired) electrons. The van der Waals surface area contributed by atoms with Gasteiger partial charge in [-0.15, -0.1) is 0 Å². The molecular formula is C38H70N2O13. The predicted molar refractivity (Wildman–Crippen MR) is 193 cm³/mol. The van der Waals surface area contributed by atoms with Crippen molar-refractivity contribution in [2.24, 2.45) is 17.8 Å². The molecule has 15 heteroatoms. The van der Waals surface area contributed by atoms with Crippen LogP contribution in [-0.2, 0) is 38.0 Å². The molecule has 1 spiro atoms. The van der Waals surface area contributed by atoms with E-state index in [1.54, 1.807) is 41.5 Å². The number of ether oxygens (including phenoxy) is 7. The molecule has 1 unspecified atom stereocenters. The zero-order chi connectivity index (χ0) is 40.0. The van der Waals surface area contributed by atoms with Gasteiger partial charge in [0.05, 0.1) is 43.0 Å². The summed E-state index contributed by atoms with van der Waals surface area (Å²) in [6.45, 7) is 16.0. The van der Waals surface area contributed by atoms with E-state index >= 15 is 0 Å². The second-order valence-corrected chi connectivity index (χ2v) is 17.5. The normalized spacial score (nSPS) is 51.3. The van der Waals surface area contributed by atoms with E-state index in [0.717, 1.165) is 0 Å². The van der Waals surface area contributed by atoms with Crippen LogP contribution in [-0.4, -0.2) is 173 Å². The number of aliphatic hydroxyl groups excluding tert-OH is 3. The van der Waals surface area contributed by atoms with Crippen molar-refractivity contribution in [3.8, 4) is 0 Å². The van der Waals surface area contributed by atoms with E-state index in [-0.39, 0.29) is 43.9 Å². The average molecular weight is 763 g/mol. The van der Waals surface area contributed by atoms with Crippen molar-refractivity contribution in [2.75, 3.05) is 41.4 Å². The molecule has 53 heavy (non-hydrogen) atoms. The van der Waals surface area contributed by atoms with Gasteiger partial charge in [-0.25, -0.2) is 0 Å². The molecule has 4 aliphatic heterocycles. The van der Waals surface area contributed by atoms with Crippen LogP contribution in [0.3, 0.4) is 0 Å². The highest BCUT2D eigenvalue weighted by molar-refractivity contribution is 5.74. The minimum atomic E-state index is -1.83. The third kappa shape index (κ3) is 9.24. The van der Waals surface area contributed by atoms with Gasteiger partial charge in [0, 0.05) is 31.7 Å². The molecule has 0 aromatic heterocycles. The van der Waals surface area contributed by atoms with Crippen molar-refractivity contribution in [3.05, 3.63) is 0 Å². The Balaban J connectivity index is 1.85. The number of likely N-dealkylation sites (N-methyl/N-ethyl adjacent to an activating group) is 2. The molecule has 4 aliphatic rings. The van der Waals surface area contributed by atoms with Crippen molar-refractivity contribution >= 4 is 5.97 Å². The smallest absolute Gasteiger partial charge is 0.314 e. The van der Waals surface area contributed by atoms with Crippen LogP contribution in [0.1, 0.15) is 88.0 Å². The monoisotopic (exact) mass is 762 g/mol. The lowest BCUT2D eigenvalue weighted by atomic mass is 9.77. The van der Waals surface area contributed by atoms with Gasteiger partial charge in [0.25, 0.3) is 5.97 Å². The summed E-state index contributed by atoms with van der Waals surface area (Å²) >= 11 is 0. The van der Waals surface area contributed by atoms with Crippen LogP contribution in [0.5, 0.6) is 0 Å². The molecule has 0 saturated carbocycles. The first-order valence-corrected chi connectivity index (χ1v) is 19.3. The molecule has 4 heterocycles. The maximum absolute atomic E-state index is 14.4. The van der Waals surface area contributed by atoms with Gasteiger partial charge >= 0.3 is 5.97 Å². The van der Waals surface area contributed by atoms with Gasteiger partial charge in [-0.05, 0) is 87.9 Å². The van der Waals surface area contributed by atoms with Crippen molar-refractivity contribution in [2.45, 2.75) is 178 Å². The molecule has 4 saturated heterocycles. The fourth-order valence-electron chi connectivity index (χ4n) is 9.19. The largest absolute Gasteiger partial charge is 0.459 e. The lowest BCUT2D eigenvalue weighted by Crippen LogP contribution is -2.67. The fourth-order valence-corrected chi connectivity index (χ4v) is 9.19. The topological polar surface area (TPSA) is 189 Å². The highest BCUT2D eigenvalue weighted by atomic mass is 16.9. The number of hydrogen-bond donors (Lipinski definition) is 5. The highest BCUT2D eigenvalue weighted by Crippen LogP contribution is 2.46. The van der Waals surface area contributed by atoms with Gasteiger partial charge in [-0.1, -0.05) is 20.8 Å². The van der Waals surface area contributed by atoms with E-state index in [4.69, 9.17) is 33.2 Å². The van der Waals surface area contributed by atoms with E-state index in [1.165, 1.54) is 14.0 Å². The summed E-state index contributed by atoms with van der Waals surface area (Å²) in [4.78, 5) is 18.2. The second kappa shape index (κ2) is 16.8. The highest BCUT2D eigenvalue weighted by Gasteiger charge is 2.61. The molecule has 0 aliphatic carbocycles. The van der Waals surface area contributed by atoms with Crippen LogP contribution in [0.4, 0.5) is 0 Å². The van der Waals surface area contributed by atoms with Crippen molar-refractivity contribution in [1.29, 1.82) is 0 Å². The van der Waals surface area contributed by atoms with Crippen molar-refractivity contribution in [3.63, 3.8) is 0 Å². The summed E-state index contributed by atoms with van der Waals surface area (Å²) in [5, 5.41) is 58.4. The summed E-state index contributed by atoms with van der Waals surface area (Å²) in [7, 11) is 7.07. The van der Waals surface area contributed by atoms with Crippen LogP contribution >= 0.6 is 0 Å². The molecule has 4 rings (SSSR count). The molecule has 5 N–H and O–H groups in total. The Bertz CT molecular complexity index is 1220. The lowest BCUT2D eigenvalue weighted by molar-refractivity contribution is -0.474. The Morgan fingerprint density at radius 2 is 1.64 bits per heavy atom. The molecule has 0 aromatic carbocycles. The standard InChI is InChI=1S/C38H70N2O13/c1-14-27-37(9,46)30(42)23(5)40(12)17-20(2)16-35(7,45)32(51-34-28(41)26(39(10)11)15-21(3)49-34)22(4)29-25(33(44)50-27)18-48-38(53-29)19-36(8,47-13)31(43)24(6)52-38/h20-32,34,41-43,45-46H,14-19H2,1-13H3/t20-,21-,22+,23-,24+,25-,26+,27-,28-,29+,30-,31+,32-,34?,35-,36-,37-,38-/m1/s1. The van der Waals surface area contributed by atoms with Crippen molar-refractivity contribution in [1.82, 2.24) is 9.80 Å². The SMILES string of the molecule is CC[C@H]1OC(=O)[C@@H]2CO[C@@]3(C[C@@](C)(OC)[C@@H](O)[C@H](C)O3)O[C@H]2[C@H](C)[C@@H](OC2O[C@H](C)C[C@H](N(C)C)[C@H]2O)[C@](C)(O)C[C@@H](C)CN(C)[C@H](C)[C@@H](O)[C@]1(C)O. The predicted octanol–water partition coefficient (Wildman–Crippen LogP) is 1.24. The van der Waals surface area contributed by atoms with Gasteiger partial charge in [-0.3, -0.25) is 4.79 Å². The zero-order valence-corrected chi connectivity index (χ0v) is 34.2. The first-order valence-electron chi connectivity index (χ1n) is 19.3. The van der Waals surface area contributed by atoms with Crippen LogP contribution in [0, 0.1) is 17.8 Å². The number of carbonyl (C=O) groups is 1. The average Bonchev–Trinajstić information content (AvgIpc) is 3.07. The number of carbonyl (C=O) groups excluding carboxylic acids is 1. The Labute approximate surface area is 316 Å². The first-order chi connectivity index (χ1) is 24.4. The van der Waals surface area contributed by atoms with E-state index in [1.807, 2.05) is 44.8 Å². The summed E-state index contributed by atoms with van der Waals surface area (Å²) in [6, 6.07) is -0.840. The second-order valence-electron chi connectivity index (χ2n) is 17.5. The number of fused-ring (bicyclic) bond motifs is 1. The number of nitrogens with zero attached hydrogens (tertiary/aromatic N) is 2. The Morgan fingerprint density at radius 3 is 2.23 bits per heavy atom. The van der Waals surface area contributed by atoms with Gasteiger partial charge in [0.1, 0.15) is 41.5 Å². The molecule has 0 bridgehead atoms. The van der Waals surface area contributed by atoms with Crippen LogP contribution in [0.25, 0.3) is 0 Å². The Hall–Kier alpha value is -1.05. The van der Waals surface area contributed by atoms with E-state index < -0.39 is 95.6 Å². The summed E-state index contributed by atoms with van der Waals surface area (Å²) < 4.78 is 44.1. The van der Waals surface area contributed by atoms with Crippen LogP contribution in [0.15, 0.2) is 0 Å². The van der Waals surface area contributed by atoms with Gasteiger partial charge in [-0.2, -0.15) is 0 Å². The van der Waals surface area contributed by atoms with E-state index in [9.17, 15) is 30.3 Å². The minimum Gasteiger partial charge on any atom is -0.459 e. The third-order valence-electron chi connectivity index (χ3n) is 12.5. The molecule has 4 fully saturated rings. The Kier molecular flexibility index (Phi) is 14.2. The van der Waals surface area contributed by atoms with Crippen molar-refractivity contribution < 1.29 is 63.5 Å². The molecule has 310 valence electrons. The number of cyclic esters (lactones) is 1. The number of rotatable bonds is 5. The van der Waals surface area contributed by atoms with Gasteiger partial charge in [0.2, 0.25) is 0 Å². The quantitative estimate of drug-likeness (QED) is 0.252. The Morgan fingerprint density at radius 1 is 1.00 bits per heavy atom. The number of aliphatic hydroxyl groups is 5. The summed E-state index contributed by atoms with van der Waals surface area (Å²) in [5.74, 6) is -4.58. The zero-order valence-electron chi connectivity index (χ0n) is 34.2. The molecule has 0 aromatic rings. The van der Waals surface area contributed by atoms with E-state index in [0.29, 0.717) is 13.0 Å². The van der Waals surface area contributed by atoms with Gasteiger partial charge < -0.3 is 68.5 Å². The fraction of sp³-hybridized carbons (Fsp3) is 0.974. The lowest BCUT2D eigenvalue weighted by Gasteiger charge is -2.54. The maximum Gasteiger partial charge on any atom is 0.314 e. The summed E-state index contributed by atoms with van der Waals surface area (Å²) in [5.41, 5.74) is -4.56. The maximum atomic E-state index is 14.4. The number of hydrogen-bond acceptors (Lipinski definition) is 15. The molecule has 15 nitrogen and oxygen atoms in total. The van der Waals surface area contributed by atoms with Crippen LogP contribution in [0.2, 0.25) is 0 Å². The molecular weight excluding hydrogens is 692 g/mol. The first kappa shape index (κ1) is 44.7. The van der Waals surface area contributed by atoms with Gasteiger partial charge in [0.15, 0.2) is 6.29 Å².